The molecule has 0 aliphatic carbocycles. The molecule has 23 heavy (non-hydrogen) atoms. The Morgan fingerprint density at radius 2 is 1.78 bits per heavy atom. The molecule has 0 spiro atoms. The first kappa shape index (κ1) is 15.0. The third-order valence-corrected chi connectivity index (χ3v) is 3.86. The van der Waals surface area contributed by atoms with E-state index in [1.807, 2.05) is 0 Å². The molecule has 0 unspecified atom stereocenters. The maximum absolute atomic E-state index is 13.0. The summed E-state index contributed by atoms with van der Waals surface area (Å²) in [5, 5.41) is 17.3. The molecule has 1 aromatic carbocycles. The number of hydrogen-bond acceptors (Lipinski definition) is 4. The Balaban J connectivity index is 2.09. The van der Waals surface area contributed by atoms with Crippen LogP contribution < -0.4 is 0 Å². The van der Waals surface area contributed by atoms with E-state index in [0.717, 1.165) is 0 Å². The van der Waals surface area contributed by atoms with Gasteiger partial charge in [0, 0.05) is 18.3 Å². The lowest BCUT2D eigenvalue weighted by molar-refractivity contribution is 0.0695. The number of carbonyl (C=O) groups is 1. The van der Waals surface area contributed by atoms with Crippen LogP contribution in [0.2, 0.25) is 0 Å². The van der Waals surface area contributed by atoms with Crippen molar-refractivity contribution in [3.8, 4) is 23.0 Å². The number of aromatic carboxylic acids is 1. The third-order valence-electron chi connectivity index (χ3n) is 3.86. The zero-order valence-corrected chi connectivity index (χ0v) is 12.8. The van der Waals surface area contributed by atoms with Gasteiger partial charge in [0.25, 0.3) is 5.89 Å². The molecule has 6 nitrogen and oxygen atoms in total. The SMILES string of the molecule is Cc1c(C(=O)O)c(C)n(C)c1-c1nnc(-c2ccc(F)cc2)o1. The van der Waals surface area contributed by atoms with E-state index in [9.17, 15) is 14.3 Å². The fourth-order valence-electron chi connectivity index (χ4n) is 2.62. The van der Waals surface area contributed by atoms with Crippen molar-refractivity contribution in [2.45, 2.75) is 13.8 Å². The molecule has 0 aliphatic heterocycles. The van der Waals surface area contributed by atoms with Gasteiger partial charge in [-0.05, 0) is 43.7 Å². The van der Waals surface area contributed by atoms with Crippen LogP contribution in [-0.2, 0) is 7.05 Å². The maximum Gasteiger partial charge on any atom is 0.337 e. The van der Waals surface area contributed by atoms with Crippen LogP contribution >= 0.6 is 0 Å². The van der Waals surface area contributed by atoms with Crippen LogP contribution in [0.5, 0.6) is 0 Å². The van der Waals surface area contributed by atoms with E-state index >= 15 is 0 Å². The van der Waals surface area contributed by atoms with E-state index < -0.39 is 5.97 Å². The summed E-state index contributed by atoms with van der Waals surface area (Å²) >= 11 is 0. The second kappa shape index (κ2) is 5.35. The summed E-state index contributed by atoms with van der Waals surface area (Å²) in [5.74, 6) is -0.885. The fraction of sp³-hybridized carbons (Fsp3) is 0.188. The number of carboxylic acid groups (broad SMARTS) is 1. The van der Waals surface area contributed by atoms with Crippen molar-refractivity contribution < 1.29 is 18.7 Å². The van der Waals surface area contributed by atoms with Gasteiger partial charge in [-0.3, -0.25) is 0 Å². The first-order valence-corrected chi connectivity index (χ1v) is 6.89. The predicted molar refractivity (Wildman–Crippen MR) is 80.5 cm³/mol. The van der Waals surface area contributed by atoms with Gasteiger partial charge in [0.1, 0.15) is 11.5 Å². The summed E-state index contributed by atoms with van der Waals surface area (Å²) in [6.45, 7) is 3.42. The molecule has 2 aromatic heterocycles. The van der Waals surface area contributed by atoms with Crippen LogP contribution in [0.25, 0.3) is 23.0 Å². The number of benzene rings is 1. The maximum atomic E-state index is 13.0. The lowest BCUT2D eigenvalue weighted by Gasteiger charge is -2.01. The number of rotatable bonds is 3. The van der Waals surface area contributed by atoms with Crippen LogP contribution in [0.4, 0.5) is 4.39 Å². The van der Waals surface area contributed by atoms with E-state index in [0.29, 0.717) is 22.5 Å². The van der Waals surface area contributed by atoms with Gasteiger partial charge in [-0.25, -0.2) is 9.18 Å². The van der Waals surface area contributed by atoms with Crippen molar-refractivity contribution in [3.05, 3.63) is 46.9 Å². The second-order valence-corrected chi connectivity index (χ2v) is 5.22. The molecule has 3 rings (SSSR count). The quantitative estimate of drug-likeness (QED) is 0.802. The van der Waals surface area contributed by atoms with Crippen molar-refractivity contribution in [1.82, 2.24) is 14.8 Å². The van der Waals surface area contributed by atoms with Crippen LogP contribution in [0.1, 0.15) is 21.6 Å². The Bertz CT molecular complexity index is 894. The molecular weight excluding hydrogens is 301 g/mol. The summed E-state index contributed by atoms with van der Waals surface area (Å²) < 4.78 is 20.3. The molecule has 0 saturated heterocycles. The summed E-state index contributed by atoms with van der Waals surface area (Å²) in [5.41, 5.74) is 2.54. The highest BCUT2D eigenvalue weighted by Gasteiger charge is 2.24. The summed E-state index contributed by atoms with van der Waals surface area (Å²) in [7, 11) is 1.74. The van der Waals surface area contributed by atoms with Gasteiger partial charge < -0.3 is 14.1 Å². The topological polar surface area (TPSA) is 81.1 Å². The summed E-state index contributed by atoms with van der Waals surface area (Å²) in [6.07, 6.45) is 0. The van der Waals surface area contributed by atoms with Gasteiger partial charge in [0.15, 0.2) is 0 Å². The monoisotopic (exact) mass is 315 g/mol. The van der Waals surface area contributed by atoms with Crippen molar-refractivity contribution >= 4 is 5.97 Å². The Hall–Kier alpha value is -2.96. The molecule has 0 atom stereocenters. The largest absolute Gasteiger partial charge is 0.478 e. The van der Waals surface area contributed by atoms with Gasteiger partial charge >= 0.3 is 5.97 Å². The van der Waals surface area contributed by atoms with E-state index in [1.165, 1.54) is 12.1 Å². The smallest absolute Gasteiger partial charge is 0.337 e. The highest BCUT2D eigenvalue weighted by Crippen LogP contribution is 2.31. The van der Waals surface area contributed by atoms with Gasteiger partial charge in [-0.15, -0.1) is 10.2 Å². The van der Waals surface area contributed by atoms with E-state index in [-0.39, 0.29) is 23.2 Å². The van der Waals surface area contributed by atoms with E-state index in [4.69, 9.17) is 4.42 Å². The molecule has 0 amide bonds. The standard InChI is InChI=1S/C16H14FN3O3/c1-8-12(16(21)22)9(2)20(3)13(8)15-19-18-14(23-15)10-4-6-11(17)7-5-10/h4-7H,1-3H3,(H,21,22). The fourth-order valence-corrected chi connectivity index (χ4v) is 2.62. The van der Waals surface area contributed by atoms with E-state index in [2.05, 4.69) is 10.2 Å². The molecule has 0 fully saturated rings. The molecule has 7 heteroatoms. The summed E-state index contributed by atoms with van der Waals surface area (Å²) in [4.78, 5) is 11.4. The van der Waals surface area contributed by atoms with Crippen molar-refractivity contribution in [3.63, 3.8) is 0 Å². The Morgan fingerprint density at radius 1 is 1.17 bits per heavy atom. The lowest BCUT2D eigenvalue weighted by atomic mass is 10.1. The third kappa shape index (κ3) is 2.40. The second-order valence-electron chi connectivity index (χ2n) is 5.22. The number of halogens is 1. The predicted octanol–water partition coefficient (Wildman–Crippen LogP) is 3.20. The molecular formula is C16H14FN3O3. The van der Waals surface area contributed by atoms with Gasteiger partial charge in [0.2, 0.25) is 5.89 Å². The van der Waals surface area contributed by atoms with Crippen LogP contribution in [-0.4, -0.2) is 25.8 Å². The highest BCUT2D eigenvalue weighted by atomic mass is 19.1. The van der Waals surface area contributed by atoms with Gasteiger partial charge in [-0.2, -0.15) is 0 Å². The molecule has 0 saturated carbocycles. The van der Waals surface area contributed by atoms with Crippen LogP contribution in [0, 0.1) is 19.7 Å². The Labute approximate surface area is 131 Å². The first-order valence-electron chi connectivity index (χ1n) is 6.89. The minimum absolute atomic E-state index is 0.222. The Kier molecular flexibility index (Phi) is 3.48. The van der Waals surface area contributed by atoms with Crippen molar-refractivity contribution in [2.75, 3.05) is 0 Å². The summed E-state index contributed by atoms with van der Waals surface area (Å²) in [6, 6.07) is 5.69. The molecule has 118 valence electrons. The normalized spacial score (nSPS) is 11.0. The lowest BCUT2D eigenvalue weighted by Crippen LogP contribution is -2.00. The number of hydrogen-bond donors (Lipinski definition) is 1. The molecule has 0 bridgehead atoms. The molecule has 3 aromatic rings. The Morgan fingerprint density at radius 3 is 2.35 bits per heavy atom. The molecule has 0 aliphatic rings. The number of nitrogens with zero attached hydrogens (tertiary/aromatic N) is 3. The zero-order chi connectivity index (χ0) is 16.7. The average molecular weight is 315 g/mol. The van der Waals surface area contributed by atoms with Crippen LogP contribution in [0.3, 0.4) is 0 Å². The van der Waals surface area contributed by atoms with Crippen molar-refractivity contribution in [2.24, 2.45) is 7.05 Å². The van der Waals surface area contributed by atoms with E-state index in [1.54, 1.807) is 37.6 Å². The minimum Gasteiger partial charge on any atom is -0.478 e. The molecule has 2 heterocycles. The molecule has 1 N–H and O–H groups in total. The first-order chi connectivity index (χ1) is 10.9. The average Bonchev–Trinajstić information content (AvgIpc) is 3.04. The zero-order valence-electron chi connectivity index (χ0n) is 12.8. The highest BCUT2D eigenvalue weighted by molar-refractivity contribution is 5.93. The van der Waals surface area contributed by atoms with Gasteiger partial charge in [0.05, 0.1) is 5.56 Å². The molecule has 0 radical (unpaired) electrons. The number of carboxylic acids is 1. The number of aromatic nitrogens is 3. The van der Waals surface area contributed by atoms with Gasteiger partial charge in [-0.1, -0.05) is 0 Å². The van der Waals surface area contributed by atoms with Crippen molar-refractivity contribution in [1.29, 1.82) is 0 Å². The minimum atomic E-state index is -1.000. The van der Waals surface area contributed by atoms with Crippen LogP contribution in [0.15, 0.2) is 28.7 Å².